The minimum atomic E-state index is 0.767. The van der Waals surface area contributed by atoms with E-state index in [1.54, 1.807) is 0 Å². The molecule has 0 bridgehead atoms. The second-order valence-corrected chi connectivity index (χ2v) is 6.15. The van der Waals surface area contributed by atoms with Gasteiger partial charge in [-0.2, -0.15) is 11.8 Å². The maximum absolute atomic E-state index is 5.54. The van der Waals surface area contributed by atoms with Gasteiger partial charge in [0.15, 0.2) is 0 Å². The molecule has 0 aromatic heterocycles. The van der Waals surface area contributed by atoms with Crippen molar-refractivity contribution in [3.8, 4) is 0 Å². The Bertz CT molecular complexity index is 130. The minimum absolute atomic E-state index is 0.767. The maximum atomic E-state index is 5.54. The summed E-state index contributed by atoms with van der Waals surface area (Å²) in [5, 5.41) is 1.70. The number of rotatable bonds is 4. The van der Waals surface area contributed by atoms with Crippen molar-refractivity contribution in [2.24, 2.45) is 11.7 Å². The molecule has 0 aromatic carbocycles. The summed E-state index contributed by atoms with van der Waals surface area (Å²) >= 11 is 2.17. The monoisotopic (exact) mass is 201 g/mol. The quantitative estimate of drug-likeness (QED) is 0.756. The molecule has 0 radical (unpaired) electrons. The Kier molecular flexibility index (Phi) is 5.18. The van der Waals surface area contributed by atoms with Gasteiger partial charge in [0.25, 0.3) is 0 Å². The average molecular weight is 201 g/mol. The first-order valence-corrected chi connectivity index (χ1v) is 6.52. The van der Waals surface area contributed by atoms with Crippen molar-refractivity contribution in [3.63, 3.8) is 0 Å². The van der Waals surface area contributed by atoms with Gasteiger partial charge in [0.1, 0.15) is 0 Å². The lowest BCUT2D eigenvalue weighted by atomic mass is 9.91. The molecule has 0 amide bonds. The molecule has 0 spiro atoms. The summed E-state index contributed by atoms with van der Waals surface area (Å²) in [4.78, 5) is 0. The Labute approximate surface area is 86.8 Å². The summed E-state index contributed by atoms with van der Waals surface area (Å²) in [6.45, 7) is 5.54. The summed E-state index contributed by atoms with van der Waals surface area (Å²) in [7, 11) is 0. The highest BCUT2D eigenvalue weighted by molar-refractivity contribution is 8.00. The molecule has 78 valence electrons. The molecule has 1 aliphatic rings. The largest absolute Gasteiger partial charge is 0.330 e. The fraction of sp³-hybridized carbons (Fsp3) is 1.00. The Morgan fingerprint density at radius 3 is 2.46 bits per heavy atom. The van der Waals surface area contributed by atoms with Crippen LogP contribution in [0.25, 0.3) is 0 Å². The van der Waals surface area contributed by atoms with Crippen molar-refractivity contribution in [3.05, 3.63) is 0 Å². The molecule has 0 saturated heterocycles. The highest BCUT2D eigenvalue weighted by Gasteiger charge is 2.20. The molecule has 1 saturated carbocycles. The van der Waals surface area contributed by atoms with E-state index in [2.05, 4.69) is 25.6 Å². The van der Waals surface area contributed by atoms with E-state index in [1.165, 1.54) is 32.1 Å². The fourth-order valence-electron chi connectivity index (χ4n) is 2.00. The van der Waals surface area contributed by atoms with Crippen LogP contribution in [0.15, 0.2) is 0 Å². The number of nitrogens with two attached hydrogens (primary N) is 1. The Morgan fingerprint density at radius 1 is 1.31 bits per heavy atom. The van der Waals surface area contributed by atoms with Crippen LogP contribution in [-0.2, 0) is 0 Å². The first kappa shape index (κ1) is 11.4. The third-order valence-corrected chi connectivity index (χ3v) is 4.52. The Balaban J connectivity index is 2.14. The van der Waals surface area contributed by atoms with Crippen molar-refractivity contribution in [2.75, 3.05) is 6.54 Å². The van der Waals surface area contributed by atoms with E-state index in [1.807, 2.05) is 0 Å². The first-order valence-electron chi connectivity index (χ1n) is 5.58. The predicted molar refractivity (Wildman–Crippen MR) is 62.1 cm³/mol. The van der Waals surface area contributed by atoms with Crippen molar-refractivity contribution in [1.29, 1.82) is 0 Å². The molecule has 1 atom stereocenters. The zero-order valence-electron chi connectivity index (χ0n) is 8.96. The van der Waals surface area contributed by atoms with Crippen molar-refractivity contribution < 1.29 is 0 Å². The molecule has 2 heteroatoms. The molecular formula is C11H23NS. The van der Waals surface area contributed by atoms with E-state index in [0.717, 1.165) is 23.0 Å². The van der Waals surface area contributed by atoms with Crippen LogP contribution < -0.4 is 5.73 Å². The van der Waals surface area contributed by atoms with Crippen LogP contribution in [0.5, 0.6) is 0 Å². The normalized spacial score (nSPS) is 31.6. The van der Waals surface area contributed by atoms with Gasteiger partial charge in [0.05, 0.1) is 0 Å². The van der Waals surface area contributed by atoms with Crippen LogP contribution in [0.1, 0.15) is 46.0 Å². The number of hydrogen-bond donors (Lipinski definition) is 1. The van der Waals surface area contributed by atoms with Gasteiger partial charge in [0.2, 0.25) is 0 Å². The SMILES string of the molecule is CC1CCC(SC(C)CCN)CC1. The lowest BCUT2D eigenvalue weighted by Crippen LogP contribution is -2.18. The summed E-state index contributed by atoms with van der Waals surface area (Å²) in [6, 6.07) is 0. The van der Waals surface area contributed by atoms with Crippen molar-refractivity contribution in [2.45, 2.75) is 56.5 Å². The molecule has 0 aromatic rings. The molecule has 0 aliphatic heterocycles. The van der Waals surface area contributed by atoms with Gasteiger partial charge in [-0.05, 0) is 44.6 Å². The second-order valence-electron chi connectivity index (χ2n) is 4.41. The zero-order valence-corrected chi connectivity index (χ0v) is 9.78. The van der Waals surface area contributed by atoms with Crippen molar-refractivity contribution in [1.82, 2.24) is 0 Å². The molecule has 2 N–H and O–H groups in total. The standard InChI is InChI=1S/C11H23NS/c1-9-3-5-11(6-4-9)13-10(2)7-8-12/h9-11H,3-8,12H2,1-2H3. The van der Waals surface area contributed by atoms with Crippen LogP contribution in [0.4, 0.5) is 0 Å². The van der Waals surface area contributed by atoms with E-state index >= 15 is 0 Å². The van der Waals surface area contributed by atoms with E-state index < -0.39 is 0 Å². The van der Waals surface area contributed by atoms with E-state index in [-0.39, 0.29) is 0 Å². The maximum Gasteiger partial charge on any atom is 0.00499 e. The van der Waals surface area contributed by atoms with Gasteiger partial charge in [-0.1, -0.05) is 13.8 Å². The molecule has 1 fully saturated rings. The third-order valence-electron chi connectivity index (χ3n) is 2.96. The summed E-state index contributed by atoms with van der Waals surface area (Å²) < 4.78 is 0. The number of hydrogen-bond acceptors (Lipinski definition) is 2. The van der Waals surface area contributed by atoms with Crippen LogP contribution in [0, 0.1) is 5.92 Å². The predicted octanol–water partition coefficient (Wildman–Crippen LogP) is 3.04. The van der Waals surface area contributed by atoms with Gasteiger partial charge >= 0.3 is 0 Å². The van der Waals surface area contributed by atoms with E-state index in [0.29, 0.717) is 0 Å². The summed E-state index contributed by atoms with van der Waals surface area (Å²) in [5.74, 6) is 0.974. The Morgan fingerprint density at radius 2 is 1.92 bits per heavy atom. The van der Waals surface area contributed by atoms with Crippen LogP contribution in [0.2, 0.25) is 0 Å². The topological polar surface area (TPSA) is 26.0 Å². The zero-order chi connectivity index (χ0) is 9.68. The van der Waals surface area contributed by atoms with E-state index in [4.69, 9.17) is 5.73 Å². The summed E-state index contributed by atoms with van der Waals surface area (Å²) in [5.41, 5.74) is 5.54. The lowest BCUT2D eigenvalue weighted by Gasteiger charge is -2.27. The van der Waals surface area contributed by atoms with E-state index in [9.17, 15) is 0 Å². The molecule has 1 aliphatic carbocycles. The second kappa shape index (κ2) is 5.92. The summed E-state index contributed by atoms with van der Waals surface area (Å²) in [6.07, 6.45) is 6.91. The molecule has 1 rings (SSSR count). The highest BCUT2D eigenvalue weighted by atomic mass is 32.2. The van der Waals surface area contributed by atoms with Crippen LogP contribution in [0.3, 0.4) is 0 Å². The van der Waals surface area contributed by atoms with Gasteiger partial charge in [-0.3, -0.25) is 0 Å². The van der Waals surface area contributed by atoms with Crippen LogP contribution in [-0.4, -0.2) is 17.0 Å². The molecule has 1 nitrogen and oxygen atoms in total. The van der Waals surface area contributed by atoms with Gasteiger partial charge < -0.3 is 5.73 Å². The smallest absolute Gasteiger partial charge is 0.00499 e. The Hall–Kier alpha value is 0.310. The third kappa shape index (κ3) is 4.37. The molecule has 1 unspecified atom stereocenters. The first-order chi connectivity index (χ1) is 6.22. The minimum Gasteiger partial charge on any atom is -0.330 e. The van der Waals surface area contributed by atoms with Gasteiger partial charge in [-0.25, -0.2) is 0 Å². The fourth-order valence-corrected chi connectivity index (χ4v) is 3.47. The van der Waals surface area contributed by atoms with Gasteiger partial charge in [-0.15, -0.1) is 0 Å². The molecule has 13 heavy (non-hydrogen) atoms. The average Bonchev–Trinajstić information content (AvgIpc) is 2.09. The lowest BCUT2D eigenvalue weighted by molar-refractivity contribution is 0.392. The number of thioether (sulfide) groups is 1. The van der Waals surface area contributed by atoms with Crippen molar-refractivity contribution >= 4 is 11.8 Å². The molecule has 0 heterocycles. The molecular weight excluding hydrogens is 178 g/mol. The van der Waals surface area contributed by atoms with Crippen LogP contribution >= 0.6 is 11.8 Å². The van der Waals surface area contributed by atoms with Gasteiger partial charge in [0, 0.05) is 10.5 Å². The highest BCUT2D eigenvalue weighted by Crippen LogP contribution is 2.34.